The maximum absolute atomic E-state index is 9.40. The first-order valence-electron chi connectivity index (χ1n) is 11.4. The second-order valence-electron chi connectivity index (χ2n) is 8.14. The molecule has 0 spiro atoms. The lowest BCUT2D eigenvalue weighted by molar-refractivity contribution is -0.134. The van der Waals surface area contributed by atoms with Crippen molar-refractivity contribution < 1.29 is 14.7 Å². The number of carbonyl (C=O) groups is 1. The zero-order chi connectivity index (χ0) is 20.5. The van der Waals surface area contributed by atoms with Gasteiger partial charge in [0.05, 0.1) is 0 Å². The molecule has 0 aromatic rings. The number of nitrogens with zero attached hydrogens (tertiary/aromatic N) is 2. The molecule has 2 aliphatic rings. The van der Waals surface area contributed by atoms with Crippen molar-refractivity contribution in [2.75, 3.05) is 0 Å². The average Bonchev–Trinajstić information content (AvgIpc) is 2.76. The third-order valence-corrected chi connectivity index (χ3v) is 5.55. The summed E-state index contributed by atoms with van der Waals surface area (Å²) in [6.45, 7) is 1.08. The summed E-state index contributed by atoms with van der Waals surface area (Å²) in [5.41, 5.74) is 13.3. The average molecular weight is 389 g/mol. The molecule has 158 valence electrons. The molecule has 2 rings (SSSR count). The molecule has 0 aromatic carbocycles. The van der Waals surface area contributed by atoms with Gasteiger partial charge < -0.3 is 10.6 Å². The van der Waals surface area contributed by atoms with Gasteiger partial charge in [0.1, 0.15) is 0 Å². The normalized spacial score (nSPS) is 24.4. The van der Waals surface area contributed by atoms with Crippen LogP contribution in [-0.2, 0) is 4.79 Å². The number of carboxylic acids is 1. The van der Waals surface area contributed by atoms with Gasteiger partial charge in [-0.1, -0.05) is 63.9 Å². The number of rotatable bonds is 1. The summed E-state index contributed by atoms with van der Waals surface area (Å²) in [6.07, 6.45) is 26.6. The molecule has 0 bridgehead atoms. The van der Waals surface area contributed by atoms with Crippen LogP contribution in [0, 0.1) is 0 Å². The molecule has 0 aromatic heterocycles. The molecule has 2 aliphatic carbocycles. The van der Waals surface area contributed by atoms with Gasteiger partial charge in [-0.15, -0.1) is 0 Å². The van der Waals surface area contributed by atoms with E-state index in [-0.39, 0.29) is 0 Å². The maximum Gasteiger partial charge on any atom is 0.300 e. The van der Waals surface area contributed by atoms with Gasteiger partial charge in [0.2, 0.25) is 0 Å². The molecule has 28 heavy (non-hydrogen) atoms. The SMILES string of the molecule is CC(=O)O.[N-]=[N+]=C1/C=C(/C2=C\CCCCCCCCC2)CCCCCCCC1. The minimum Gasteiger partial charge on any atom is -0.481 e. The van der Waals surface area contributed by atoms with Crippen LogP contribution in [0.2, 0.25) is 0 Å². The van der Waals surface area contributed by atoms with Crippen LogP contribution < -0.4 is 0 Å². The van der Waals surface area contributed by atoms with E-state index in [1.54, 1.807) is 5.57 Å². The Morgan fingerprint density at radius 2 is 1.21 bits per heavy atom. The molecule has 0 amide bonds. The number of hydrogen-bond acceptors (Lipinski definition) is 1. The summed E-state index contributed by atoms with van der Waals surface area (Å²) < 4.78 is 0. The van der Waals surface area contributed by atoms with E-state index >= 15 is 0 Å². The third-order valence-electron chi connectivity index (χ3n) is 5.55. The zero-order valence-electron chi connectivity index (χ0n) is 17.9. The number of carboxylic acid groups (broad SMARTS) is 1. The highest BCUT2D eigenvalue weighted by Crippen LogP contribution is 2.27. The van der Waals surface area contributed by atoms with Crippen molar-refractivity contribution in [1.29, 1.82) is 0 Å². The lowest BCUT2D eigenvalue weighted by Crippen LogP contribution is -2.00. The number of allylic oxidation sites excluding steroid dienone is 4. The van der Waals surface area contributed by atoms with Crippen LogP contribution >= 0.6 is 0 Å². The maximum atomic E-state index is 9.40. The van der Waals surface area contributed by atoms with Crippen molar-refractivity contribution in [3.05, 3.63) is 28.8 Å². The van der Waals surface area contributed by atoms with Gasteiger partial charge in [-0.3, -0.25) is 4.79 Å². The highest BCUT2D eigenvalue weighted by Gasteiger charge is 2.13. The molecule has 0 saturated heterocycles. The molecule has 0 saturated carbocycles. The van der Waals surface area contributed by atoms with Gasteiger partial charge >= 0.3 is 0 Å². The summed E-state index contributed by atoms with van der Waals surface area (Å²) in [7, 11) is 0. The van der Waals surface area contributed by atoms with Crippen molar-refractivity contribution in [3.63, 3.8) is 0 Å². The fourth-order valence-corrected chi connectivity index (χ4v) is 4.02. The molecule has 0 atom stereocenters. The molecule has 0 fully saturated rings. The predicted octanol–water partition coefficient (Wildman–Crippen LogP) is 7.26. The summed E-state index contributed by atoms with van der Waals surface area (Å²) in [4.78, 5) is 12.6. The van der Waals surface area contributed by atoms with Crippen molar-refractivity contribution in [2.45, 2.75) is 116 Å². The van der Waals surface area contributed by atoms with E-state index in [9.17, 15) is 5.53 Å². The van der Waals surface area contributed by atoms with E-state index < -0.39 is 5.97 Å². The van der Waals surface area contributed by atoms with Crippen molar-refractivity contribution in [3.8, 4) is 0 Å². The second-order valence-corrected chi connectivity index (χ2v) is 8.14. The third kappa shape index (κ3) is 12.7. The van der Waals surface area contributed by atoms with E-state index in [1.807, 2.05) is 0 Å². The Morgan fingerprint density at radius 3 is 1.75 bits per heavy atom. The molecule has 0 radical (unpaired) electrons. The van der Waals surface area contributed by atoms with E-state index in [0.29, 0.717) is 0 Å². The van der Waals surface area contributed by atoms with Crippen LogP contribution in [0.5, 0.6) is 0 Å². The topological polar surface area (TPSA) is 73.7 Å². The molecule has 0 heterocycles. The van der Waals surface area contributed by atoms with Crippen molar-refractivity contribution in [2.24, 2.45) is 0 Å². The summed E-state index contributed by atoms with van der Waals surface area (Å²) in [5, 5.41) is 7.42. The number of aliphatic carboxylic acids is 1. The minimum atomic E-state index is -0.833. The molecular weight excluding hydrogens is 348 g/mol. The van der Waals surface area contributed by atoms with E-state index in [1.165, 1.54) is 95.5 Å². The molecule has 4 heteroatoms. The molecule has 4 nitrogen and oxygen atoms in total. The largest absolute Gasteiger partial charge is 0.481 e. The van der Waals surface area contributed by atoms with Crippen LogP contribution in [0.3, 0.4) is 0 Å². The van der Waals surface area contributed by atoms with Gasteiger partial charge in [-0.05, 0) is 56.1 Å². The molecule has 0 unspecified atom stereocenters. The highest BCUT2D eigenvalue weighted by atomic mass is 16.4. The van der Waals surface area contributed by atoms with Crippen LogP contribution in [0.1, 0.15) is 116 Å². The monoisotopic (exact) mass is 388 g/mol. The first-order chi connectivity index (χ1) is 13.6. The quantitative estimate of drug-likeness (QED) is 0.379. The smallest absolute Gasteiger partial charge is 0.300 e. The Hall–Kier alpha value is -1.67. The lowest BCUT2D eigenvalue weighted by atomic mass is 9.92. The Morgan fingerprint density at radius 1 is 0.786 bits per heavy atom. The molecule has 1 N–H and O–H groups in total. The lowest BCUT2D eigenvalue weighted by Gasteiger charge is -2.12. The van der Waals surface area contributed by atoms with Crippen LogP contribution in [-0.4, -0.2) is 21.6 Å². The van der Waals surface area contributed by atoms with Crippen LogP contribution in [0.25, 0.3) is 5.53 Å². The first kappa shape index (κ1) is 24.4. The van der Waals surface area contributed by atoms with Crippen LogP contribution in [0.15, 0.2) is 23.3 Å². The summed E-state index contributed by atoms with van der Waals surface area (Å²) in [6, 6.07) is 0. The minimum absolute atomic E-state index is 0.833. The number of hydrogen-bond donors (Lipinski definition) is 1. The van der Waals surface area contributed by atoms with Gasteiger partial charge in [0, 0.05) is 19.4 Å². The van der Waals surface area contributed by atoms with Gasteiger partial charge in [0.15, 0.2) is 0 Å². The molecule has 0 aliphatic heterocycles. The van der Waals surface area contributed by atoms with E-state index in [2.05, 4.69) is 16.9 Å². The second kappa shape index (κ2) is 16.3. The highest BCUT2D eigenvalue weighted by molar-refractivity contribution is 5.91. The summed E-state index contributed by atoms with van der Waals surface area (Å²) in [5.74, 6) is -0.833. The standard InChI is InChI=1S/C22H36N2.C2H4O2/c23-24-22-18-14-10-6-5-9-13-17-21(19-22)20-15-11-7-3-1-2-4-8-12-16-20;1-2(3)4/h15,19H,1-14,16-18H2;1H3,(H,3,4)/b20-15-,21-19+;. The van der Waals surface area contributed by atoms with Gasteiger partial charge in [0.25, 0.3) is 11.7 Å². The Labute approximate surface area is 171 Å². The first-order valence-corrected chi connectivity index (χ1v) is 11.4. The fourth-order valence-electron chi connectivity index (χ4n) is 4.02. The zero-order valence-corrected chi connectivity index (χ0v) is 17.9. The van der Waals surface area contributed by atoms with Crippen molar-refractivity contribution >= 4 is 11.7 Å². The predicted molar refractivity (Wildman–Crippen MR) is 117 cm³/mol. The summed E-state index contributed by atoms with van der Waals surface area (Å²) >= 11 is 0. The van der Waals surface area contributed by atoms with E-state index in [4.69, 9.17) is 9.90 Å². The van der Waals surface area contributed by atoms with Gasteiger partial charge in [-0.25, -0.2) is 0 Å². The Bertz CT molecular complexity index is 553. The van der Waals surface area contributed by atoms with E-state index in [0.717, 1.165) is 31.9 Å². The van der Waals surface area contributed by atoms with Crippen molar-refractivity contribution in [1.82, 2.24) is 0 Å². The Balaban J connectivity index is 0.000000892. The Kier molecular flexibility index (Phi) is 14.2. The van der Waals surface area contributed by atoms with Crippen LogP contribution in [0.4, 0.5) is 0 Å². The molecular formula is C24H40N2O2. The fraction of sp³-hybridized carbons (Fsp3) is 0.750. The van der Waals surface area contributed by atoms with Gasteiger partial charge in [-0.2, -0.15) is 4.79 Å².